The molecule has 0 aliphatic rings. The highest BCUT2D eigenvalue weighted by Crippen LogP contribution is 2.37. The maximum atomic E-state index is 11.6. The van der Waals surface area contributed by atoms with E-state index in [9.17, 15) is 4.79 Å². The van der Waals surface area contributed by atoms with E-state index in [-0.39, 0.29) is 12.4 Å². The van der Waals surface area contributed by atoms with Gasteiger partial charge in [-0.05, 0) is 18.1 Å². The third-order valence-corrected chi connectivity index (χ3v) is 3.08. The maximum Gasteiger partial charge on any atom is 0.310 e. The molecule has 0 N–H and O–H groups in total. The number of unbranched alkanes of at least 4 members (excludes halogenated alkanes) is 1. The molecule has 0 bridgehead atoms. The molecule has 0 amide bonds. The van der Waals surface area contributed by atoms with Gasteiger partial charge in [0.1, 0.15) is 0 Å². The van der Waals surface area contributed by atoms with Crippen LogP contribution in [0.5, 0.6) is 11.5 Å². The van der Waals surface area contributed by atoms with Crippen molar-refractivity contribution in [3.63, 3.8) is 0 Å². The maximum absolute atomic E-state index is 11.6. The van der Waals surface area contributed by atoms with Crippen LogP contribution in [-0.4, -0.2) is 26.8 Å². The van der Waals surface area contributed by atoms with Gasteiger partial charge in [-0.2, -0.15) is 0 Å². The van der Waals surface area contributed by atoms with E-state index in [2.05, 4.69) is 0 Å². The van der Waals surface area contributed by atoms with Crippen LogP contribution >= 0.6 is 11.6 Å². The van der Waals surface area contributed by atoms with Crippen LogP contribution in [0, 0.1) is 0 Å². The fourth-order valence-electron chi connectivity index (χ4n) is 1.60. The number of benzene rings is 1. The minimum atomic E-state index is -0.289. The first kappa shape index (κ1) is 15.6. The monoisotopic (exact) mass is 286 g/mol. The summed E-state index contributed by atoms with van der Waals surface area (Å²) in [7, 11) is 3.04. The number of ether oxygens (including phenoxy) is 3. The first-order valence-corrected chi connectivity index (χ1v) is 6.56. The molecule has 0 aliphatic heterocycles. The number of halogens is 1. The van der Waals surface area contributed by atoms with Gasteiger partial charge < -0.3 is 14.2 Å². The Labute approximate surface area is 118 Å². The lowest BCUT2D eigenvalue weighted by Crippen LogP contribution is -2.09. The summed E-state index contributed by atoms with van der Waals surface area (Å²) in [5.74, 6) is 0.682. The minimum Gasteiger partial charge on any atom is -0.493 e. The number of methoxy groups -OCH3 is 2. The molecule has 0 radical (unpaired) electrons. The van der Waals surface area contributed by atoms with Crippen molar-refractivity contribution in [1.29, 1.82) is 0 Å². The predicted octanol–water partition coefficient (Wildman–Crippen LogP) is 3.24. The van der Waals surface area contributed by atoms with Crippen molar-refractivity contribution in [2.75, 3.05) is 20.8 Å². The van der Waals surface area contributed by atoms with Crippen molar-refractivity contribution in [1.82, 2.24) is 0 Å². The fourth-order valence-corrected chi connectivity index (χ4v) is 1.90. The minimum absolute atomic E-state index is 0.128. The van der Waals surface area contributed by atoms with Gasteiger partial charge in [0, 0.05) is 0 Å². The lowest BCUT2D eigenvalue weighted by Gasteiger charge is -2.12. The molecule has 1 rings (SSSR count). The van der Waals surface area contributed by atoms with Crippen LogP contribution in [0.3, 0.4) is 0 Å². The van der Waals surface area contributed by atoms with E-state index in [1.807, 2.05) is 6.92 Å². The molecule has 0 atom stereocenters. The van der Waals surface area contributed by atoms with Crippen LogP contribution in [0.2, 0.25) is 5.02 Å². The van der Waals surface area contributed by atoms with Crippen LogP contribution in [-0.2, 0) is 16.0 Å². The average Bonchev–Trinajstić information content (AvgIpc) is 2.41. The van der Waals surface area contributed by atoms with Gasteiger partial charge in [0.2, 0.25) is 0 Å². The van der Waals surface area contributed by atoms with Crippen LogP contribution in [0.15, 0.2) is 12.1 Å². The number of esters is 1. The zero-order chi connectivity index (χ0) is 14.3. The standard InChI is InChI=1S/C14H19ClO4/c1-4-5-8-19-12(16)9-10-6-7-11(17-2)14(18-3)13(10)15/h6-7H,4-5,8-9H2,1-3H3. The van der Waals surface area contributed by atoms with Crippen molar-refractivity contribution in [3.8, 4) is 11.5 Å². The summed E-state index contributed by atoms with van der Waals surface area (Å²) >= 11 is 6.19. The van der Waals surface area contributed by atoms with E-state index in [0.717, 1.165) is 12.8 Å². The van der Waals surface area contributed by atoms with E-state index in [1.165, 1.54) is 14.2 Å². The van der Waals surface area contributed by atoms with Gasteiger partial charge in [0.15, 0.2) is 11.5 Å². The highest BCUT2D eigenvalue weighted by Gasteiger charge is 2.15. The SMILES string of the molecule is CCCCOC(=O)Cc1ccc(OC)c(OC)c1Cl. The van der Waals surface area contributed by atoms with Gasteiger partial charge in [-0.15, -0.1) is 0 Å². The first-order chi connectivity index (χ1) is 9.13. The van der Waals surface area contributed by atoms with E-state index >= 15 is 0 Å². The first-order valence-electron chi connectivity index (χ1n) is 6.19. The number of hydrogen-bond donors (Lipinski definition) is 0. The second-order valence-electron chi connectivity index (χ2n) is 4.02. The van der Waals surface area contributed by atoms with Gasteiger partial charge in [-0.3, -0.25) is 4.79 Å². The number of carbonyl (C=O) groups excluding carboxylic acids is 1. The van der Waals surface area contributed by atoms with Gasteiger partial charge >= 0.3 is 5.97 Å². The molecule has 5 heteroatoms. The summed E-state index contributed by atoms with van der Waals surface area (Å²) in [6.07, 6.45) is 1.98. The van der Waals surface area contributed by atoms with Crippen molar-refractivity contribution in [3.05, 3.63) is 22.7 Å². The fraction of sp³-hybridized carbons (Fsp3) is 0.500. The van der Waals surface area contributed by atoms with Crippen LogP contribution in [0.4, 0.5) is 0 Å². The molecule has 0 aromatic heterocycles. The highest BCUT2D eigenvalue weighted by molar-refractivity contribution is 6.33. The van der Waals surface area contributed by atoms with E-state index in [4.69, 9.17) is 25.8 Å². The van der Waals surface area contributed by atoms with Gasteiger partial charge in [-0.1, -0.05) is 31.0 Å². The summed E-state index contributed by atoms with van der Waals surface area (Å²) in [5, 5.41) is 0.384. The highest BCUT2D eigenvalue weighted by atomic mass is 35.5. The summed E-state index contributed by atoms with van der Waals surface area (Å²) in [5.41, 5.74) is 0.667. The summed E-state index contributed by atoms with van der Waals surface area (Å²) in [6.45, 7) is 2.49. The summed E-state index contributed by atoms with van der Waals surface area (Å²) in [4.78, 5) is 11.6. The molecule has 0 heterocycles. The topological polar surface area (TPSA) is 44.8 Å². The Bertz CT molecular complexity index is 432. The normalized spacial score (nSPS) is 10.1. The molecule has 0 aliphatic carbocycles. The van der Waals surface area contributed by atoms with Gasteiger partial charge in [0.05, 0.1) is 32.3 Å². The summed E-state index contributed by atoms with van der Waals surface area (Å²) < 4.78 is 15.4. The Balaban J connectivity index is 2.76. The van der Waals surface area contributed by atoms with E-state index < -0.39 is 0 Å². The molecule has 106 valence electrons. The average molecular weight is 287 g/mol. The third-order valence-electron chi connectivity index (χ3n) is 2.66. The second-order valence-corrected chi connectivity index (χ2v) is 4.40. The molecule has 0 unspecified atom stereocenters. The quantitative estimate of drug-likeness (QED) is 0.570. The second kappa shape index (κ2) is 7.89. The number of hydrogen-bond acceptors (Lipinski definition) is 4. The molecule has 1 aromatic carbocycles. The third kappa shape index (κ3) is 4.31. The molecule has 0 spiro atoms. The van der Waals surface area contributed by atoms with Gasteiger partial charge in [-0.25, -0.2) is 0 Å². The molecular weight excluding hydrogens is 268 g/mol. The van der Waals surface area contributed by atoms with E-state index in [0.29, 0.717) is 28.7 Å². The molecular formula is C14H19ClO4. The molecule has 0 saturated carbocycles. The van der Waals surface area contributed by atoms with Crippen molar-refractivity contribution < 1.29 is 19.0 Å². The van der Waals surface area contributed by atoms with Crippen molar-refractivity contribution in [2.45, 2.75) is 26.2 Å². The van der Waals surface area contributed by atoms with Crippen LogP contribution < -0.4 is 9.47 Å². The number of rotatable bonds is 7. The Hall–Kier alpha value is -1.42. The van der Waals surface area contributed by atoms with Crippen molar-refractivity contribution in [2.24, 2.45) is 0 Å². The van der Waals surface area contributed by atoms with E-state index in [1.54, 1.807) is 12.1 Å². The Morgan fingerprint density at radius 2 is 2.00 bits per heavy atom. The van der Waals surface area contributed by atoms with Crippen LogP contribution in [0.25, 0.3) is 0 Å². The molecule has 0 saturated heterocycles. The number of carbonyl (C=O) groups is 1. The molecule has 1 aromatic rings. The van der Waals surface area contributed by atoms with Crippen molar-refractivity contribution >= 4 is 17.6 Å². The lowest BCUT2D eigenvalue weighted by molar-refractivity contribution is -0.142. The van der Waals surface area contributed by atoms with Crippen LogP contribution in [0.1, 0.15) is 25.3 Å². The molecule has 4 nitrogen and oxygen atoms in total. The van der Waals surface area contributed by atoms with Gasteiger partial charge in [0.25, 0.3) is 0 Å². The Kier molecular flexibility index (Phi) is 6.50. The molecule has 0 fully saturated rings. The Morgan fingerprint density at radius 3 is 2.58 bits per heavy atom. The lowest BCUT2D eigenvalue weighted by atomic mass is 10.1. The zero-order valence-electron chi connectivity index (χ0n) is 11.5. The smallest absolute Gasteiger partial charge is 0.310 e. The predicted molar refractivity (Wildman–Crippen MR) is 74.1 cm³/mol. The largest absolute Gasteiger partial charge is 0.493 e. The molecule has 19 heavy (non-hydrogen) atoms. The zero-order valence-corrected chi connectivity index (χ0v) is 12.3. The Morgan fingerprint density at radius 1 is 1.26 bits per heavy atom. The summed E-state index contributed by atoms with van der Waals surface area (Å²) in [6, 6.07) is 3.46.